The van der Waals surface area contributed by atoms with Crippen molar-refractivity contribution in [3.63, 3.8) is 0 Å². The molecule has 2 atom stereocenters. The molecule has 11 aromatic rings. The van der Waals surface area contributed by atoms with Gasteiger partial charge in [0.05, 0.1) is 17.0 Å². The number of carboxylic acid groups (broad SMARTS) is 1. The van der Waals surface area contributed by atoms with Crippen molar-refractivity contribution in [2.75, 3.05) is 17.7 Å². The number of nitrogens with zero attached hydrogens (tertiary/aromatic N) is 10. The van der Waals surface area contributed by atoms with Crippen LogP contribution in [0.5, 0.6) is 17.2 Å². The van der Waals surface area contributed by atoms with Gasteiger partial charge in [-0.3, -0.25) is 57.6 Å². The van der Waals surface area contributed by atoms with E-state index in [1.807, 2.05) is 12.1 Å². The second-order valence-electron chi connectivity index (χ2n) is 23.5. The van der Waals surface area contributed by atoms with Crippen molar-refractivity contribution in [1.29, 1.82) is 0 Å². The van der Waals surface area contributed by atoms with Gasteiger partial charge < -0.3 is 30.7 Å². The van der Waals surface area contributed by atoms with Crippen molar-refractivity contribution < 1.29 is 106 Å². The number of Topliss-reactive ketones (excluding diaryl/α,β-unsaturated/α-hetero) is 2. The number of nitrogens with one attached hydrogen (secondary N) is 2. The Morgan fingerprint density at radius 2 is 0.912 bits per heavy atom. The van der Waals surface area contributed by atoms with Gasteiger partial charge in [0.1, 0.15) is 59.4 Å². The number of hydrogen-bond donors (Lipinski definition) is 9. The van der Waals surface area contributed by atoms with Crippen LogP contribution in [0.3, 0.4) is 0 Å². The Kier molecular flexibility index (Phi) is 27.1. The zero-order chi connectivity index (χ0) is 83.0. The molecule has 11 rings (SSSR count). The third-order valence-electron chi connectivity index (χ3n) is 15.6. The van der Waals surface area contributed by atoms with Crippen LogP contribution in [-0.4, -0.2) is 126 Å². The molecule has 0 aliphatic carbocycles. The lowest BCUT2D eigenvalue weighted by molar-refractivity contribution is -0.384. The van der Waals surface area contributed by atoms with Crippen LogP contribution in [0.15, 0.2) is 267 Å². The summed E-state index contributed by atoms with van der Waals surface area (Å²) in [6, 6.07) is 47.1. The van der Waals surface area contributed by atoms with Gasteiger partial charge in [-0.15, -0.1) is 30.7 Å². The Hall–Kier alpha value is -13.8. The van der Waals surface area contributed by atoms with Crippen LogP contribution >= 0.6 is 0 Å². The smallest absolute Gasteiger partial charge is 0.339 e. The van der Waals surface area contributed by atoms with Crippen LogP contribution in [0.1, 0.15) is 35.3 Å². The number of aryl methyl sites for hydroxylation is 2. The SMILES string of the molecule is CC(=O)C(N=Nc1ccc(S(=O)(=O)O)cc1[N+](=O)[O-])C(=O)Nc1ccccc1C.COc1ccc(NC(=O)C(N=Nc2ccc(S(=O)(=O)O)cc2[N+](=O)[O-])C(C)=O)cc1.Cc1ccc(N=Nc2c(O)ccc3ccccc23)c(S(=O)(=O)O)c1.O=C(O)c1cc2ccccc2c(N=Nc2ccc3ccccc3c2S(=O)(=O)O)c1O. The number of anilines is 2. The van der Waals surface area contributed by atoms with E-state index in [1.165, 1.54) is 55.6 Å². The number of ketones is 2. The highest BCUT2D eigenvalue weighted by Crippen LogP contribution is 2.42. The van der Waals surface area contributed by atoms with Crippen molar-refractivity contribution in [3.05, 3.63) is 243 Å². The summed E-state index contributed by atoms with van der Waals surface area (Å²) in [7, 11) is -16.9. The molecule has 9 N–H and O–H groups in total. The number of phenols is 2. The molecular weight excluding hydrogens is 1560 g/mol. The third-order valence-corrected chi connectivity index (χ3v) is 19.1. The molecule has 11 aromatic carbocycles. The van der Waals surface area contributed by atoms with Gasteiger partial charge >= 0.3 is 5.97 Å². The molecule has 37 nitrogen and oxygen atoms in total. The van der Waals surface area contributed by atoms with Crippen LogP contribution in [0.4, 0.5) is 56.9 Å². The van der Waals surface area contributed by atoms with Gasteiger partial charge in [-0.25, -0.2) is 4.79 Å². The maximum absolute atomic E-state index is 12.4. The summed E-state index contributed by atoms with van der Waals surface area (Å²) >= 11 is 0. The standard InChI is InChI=1S/C21H14N2O6S.C17H16N4O8S.C17H16N4O7S.C17H14N2O4S/c24-19-16(21(25)26)11-13-6-2-3-7-14(13)18(19)23-22-17-10-9-12-5-1-4-8-15(12)20(17)30(27,28)29;1-10(22)16(17(23)18-11-3-5-12(29-2)6-4-11)20-19-14-8-7-13(30(26,27)28)9-15(14)21(24)25;1-10-5-3-4-6-13(10)18-17(23)16(11(2)22)20-19-14-8-7-12(29(26,27)28)9-15(14)21(24)25;1-11-6-8-14(16(10-11)24(21,22)23)18-19-17-13-5-3-2-4-12(13)7-9-15(17)20/h1-11,24H,(H,25,26)(H,27,28,29);3-9,16H,1-2H3,(H,18,23)(H,26,27,28);3-9,16H,1-2H3,(H,18,23)(H,26,27,28);2-10,20H,1H3,(H,21,22,23). The van der Waals surface area contributed by atoms with Crippen molar-refractivity contribution >= 4 is 159 Å². The number of aromatic hydroxyl groups is 2. The Morgan fingerprint density at radius 1 is 0.460 bits per heavy atom. The van der Waals surface area contributed by atoms with E-state index in [2.05, 4.69) is 51.5 Å². The molecule has 0 fully saturated rings. The number of carbonyl (C=O) groups excluding carboxylic acids is 4. The largest absolute Gasteiger partial charge is 0.506 e. The maximum atomic E-state index is 12.4. The van der Waals surface area contributed by atoms with E-state index in [0.29, 0.717) is 56.4 Å². The van der Waals surface area contributed by atoms with Crippen LogP contribution in [0.2, 0.25) is 0 Å². The van der Waals surface area contributed by atoms with Gasteiger partial charge in [0.25, 0.3) is 63.7 Å². The summed E-state index contributed by atoms with van der Waals surface area (Å²) in [4.78, 5) is 78.2. The van der Waals surface area contributed by atoms with Gasteiger partial charge in [-0.2, -0.15) is 43.9 Å². The molecule has 2 unspecified atom stereocenters. The molecule has 0 saturated carbocycles. The molecule has 0 radical (unpaired) electrons. The highest BCUT2D eigenvalue weighted by atomic mass is 32.2. The number of phenolic OH excluding ortho intramolecular Hbond substituents is 1. The Balaban J connectivity index is 0.000000189. The topological polar surface area (TPSA) is 582 Å². The minimum atomic E-state index is -4.68. The number of hydrogen-bond acceptors (Lipinski definition) is 28. The summed E-state index contributed by atoms with van der Waals surface area (Å²) in [5.74, 6) is -4.41. The lowest BCUT2D eigenvalue weighted by Gasteiger charge is -2.11. The number of methoxy groups -OCH3 is 1. The number of para-hydroxylation sites is 1. The highest BCUT2D eigenvalue weighted by Gasteiger charge is 2.29. The molecule has 113 heavy (non-hydrogen) atoms. The fraction of sp³-hybridized carbons (Fsp3) is 0.0972. The second kappa shape index (κ2) is 36.1. The van der Waals surface area contributed by atoms with Gasteiger partial charge in [0.15, 0.2) is 28.7 Å². The number of carbonyl (C=O) groups is 5. The van der Waals surface area contributed by atoms with Gasteiger partial charge in [-0.05, 0) is 140 Å². The predicted octanol–water partition coefficient (Wildman–Crippen LogP) is 14.9. The van der Waals surface area contributed by atoms with Crippen LogP contribution in [0, 0.1) is 34.1 Å². The zero-order valence-corrected chi connectivity index (χ0v) is 62.1. The second-order valence-corrected chi connectivity index (χ2v) is 29.1. The molecular formula is C72H60N12O25S4. The van der Waals surface area contributed by atoms with Crippen LogP contribution in [0.25, 0.3) is 32.3 Å². The molecule has 0 spiro atoms. The summed E-state index contributed by atoms with van der Waals surface area (Å²) in [6.07, 6.45) is 0. The first-order valence-corrected chi connectivity index (χ1v) is 37.7. The van der Waals surface area contributed by atoms with Gasteiger partial charge in [0.2, 0.25) is 12.1 Å². The quantitative estimate of drug-likeness (QED) is 0.0100. The normalized spacial score (nSPS) is 12.3. The predicted molar refractivity (Wildman–Crippen MR) is 407 cm³/mol. The minimum absolute atomic E-state index is 0.00423. The van der Waals surface area contributed by atoms with Crippen molar-refractivity contribution in [2.24, 2.45) is 40.9 Å². The molecule has 582 valence electrons. The summed E-state index contributed by atoms with van der Waals surface area (Å²) < 4.78 is 134. The maximum Gasteiger partial charge on any atom is 0.339 e. The number of rotatable bonds is 22. The number of nitro groups is 2. The lowest BCUT2D eigenvalue weighted by atomic mass is 10.0. The lowest BCUT2D eigenvalue weighted by Crippen LogP contribution is -2.32. The molecule has 0 saturated heterocycles. The van der Waals surface area contributed by atoms with Crippen LogP contribution in [-0.2, 0) is 59.7 Å². The number of benzene rings is 11. The average molecular weight is 1620 g/mol. The van der Waals surface area contributed by atoms with E-state index in [9.17, 15) is 102 Å². The number of nitro benzene ring substituents is 2. The zero-order valence-electron chi connectivity index (χ0n) is 58.9. The first kappa shape index (κ1) is 84.8. The summed E-state index contributed by atoms with van der Waals surface area (Å²) in [6.45, 7) is 5.65. The third kappa shape index (κ3) is 22.0. The number of fused-ring (bicyclic) bond motifs is 3. The number of azo groups is 4. The van der Waals surface area contributed by atoms with Gasteiger partial charge in [-0.1, -0.05) is 109 Å². The van der Waals surface area contributed by atoms with E-state index in [-0.39, 0.29) is 44.3 Å². The number of carboxylic acids is 1. The van der Waals surface area contributed by atoms with Crippen molar-refractivity contribution in [3.8, 4) is 17.2 Å². The molecule has 0 aliphatic heterocycles. The van der Waals surface area contributed by atoms with E-state index in [4.69, 9.17) is 13.8 Å². The fourth-order valence-corrected chi connectivity index (χ4v) is 12.6. The average Bonchev–Trinajstić information content (AvgIpc) is 0.772. The summed E-state index contributed by atoms with van der Waals surface area (Å²) in [5, 5.41) is 90.7. The summed E-state index contributed by atoms with van der Waals surface area (Å²) in [5.41, 5.74) is -0.549. The Bertz CT molecular complexity index is 6250. The number of aromatic carboxylic acids is 1. The van der Waals surface area contributed by atoms with E-state index in [0.717, 1.165) is 49.1 Å². The van der Waals surface area contributed by atoms with E-state index < -0.39 is 135 Å². The minimum Gasteiger partial charge on any atom is -0.506 e. The molecule has 0 aliphatic rings. The van der Waals surface area contributed by atoms with Crippen molar-refractivity contribution in [1.82, 2.24) is 0 Å². The van der Waals surface area contributed by atoms with Gasteiger partial charge in [0, 0.05) is 39.7 Å². The monoisotopic (exact) mass is 1620 g/mol. The van der Waals surface area contributed by atoms with E-state index >= 15 is 0 Å². The van der Waals surface area contributed by atoms with Crippen molar-refractivity contribution in [2.45, 2.75) is 59.4 Å². The molecule has 0 bridgehead atoms. The van der Waals surface area contributed by atoms with Crippen LogP contribution < -0.4 is 15.4 Å². The fourth-order valence-electron chi connectivity index (χ4n) is 10.1. The first-order chi connectivity index (χ1) is 53.2. The first-order valence-electron chi connectivity index (χ1n) is 31.9. The number of ether oxygens (including phenoxy) is 1. The molecule has 2 amide bonds. The Morgan fingerprint density at radius 3 is 1.41 bits per heavy atom. The van der Waals surface area contributed by atoms with E-state index in [1.54, 1.807) is 123 Å². The highest BCUT2D eigenvalue weighted by molar-refractivity contribution is 7.86. The molecule has 41 heteroatoms. The molecule has 0 heterocycles. The number of amides is 2. The molecule has 0 aromatic heterocycles. The Labute approximate surface area is 639 Å².